The summed E-state index contributed by atoms with van der Waals surface area (Å²) in [7, 11) is 0. The minimum Gasteiger partial charge on any atom is -0.458 e. The number of carbonyl (C=O) groups is 1. The van der Waals surface area contributed by atoms with Crippen LogP contribution in [0, 0.1) is 0 Å². The first kappa shape index (κ1) is 9.99. The summed E-state index contributed by atoms with van der Waals surface area (Å²) in [6.07, 6.45) is 1.32. The fourth-order valence-electron chi connectivity index (χ4n) is 0.828. The Bertz CT molecular complexity index is 293. The van der Waals surface area contributed by atoms with Crippen molar-refractivity contribution in [3.63, 3.8) is 0 Å². The summed E-state index contributed by atoms with van der Waals surface area (Å²) in [6.45, 7) is 0.316. The minimum absolute atomic E-state index is 0.316. The second-order valence-corrected chi connectivity index (χ2v) is 2.91. The number of hydrogen-bond donors (Lipinski definition) is 0. The third-order valence-electron chi connectivity index (χ3n) is 1.42. The molecule has 0 spiro atoms. The number of halogens is 1. The van der Waals surface area contributed by atoms with E-state index in [1.54, 1.807) is 0 Å². The first-order chi connectivity index (χ1) is 6.33. The highest BCUT2D eigenvalue weighted by molar-refractivity contribution is 9.11. The Morgan fingerprint density at radius 2 is 2.08 bits per heavy atom. The lowest BCUT2D eigenvalue weighted by Crippen LogP contribution is -1.99. The molecule has 0 aliphatic heterocycles. The highest BCUT2D eigenvalue weighted by Crippen LogP contribution is 2.00. The largest absolute Gasteiger partial charge is 0.458 e. The number of ether oxygens (including phenoxy) is 1. The Morgan fingerprint density at radius 3 is 2.69 bits per heavy atom. The molecule has 0 bridgehead atoms. The Labute approximate surface area is 85.3 Å². The van der Waals surface area contributed by atoms with E-state index in [-0.39, 0.29) is 5.97 Å². The SMILES string of the molecule is O=C(/C=C/Br)OCc1ccccc1. The van der Waals surface area contributed by atoms with E-state index in [4.69, 9.17) is 4.74 Å². The van der Waals surface area contributed by atoms with E-state index in [0.717, 1.165) is 5.56 Å². The van der Waals surface area contributed by atoms with Crippen LogP contribution < -0.4 is 0 Å². The van der Waals surface area contributed by atoms with Crippen molar-refractivity contribution >= 4 is 21.9 Å². The molecule has 0 aromatic heterocycles. The Hall–Kier alpha value is -1.09. The van der Waals surface area contributed by atoms with Crippen molar-refractivity contribution in [2.24, 2.45) is 0 Å². The zero-order valence-electron chi connectivity index (χ0n) is 6.94. The van der Waals surface area contributed by atoms with Crippen molar-refractivity contribution in [3.05, 3.63) is 47.0 Å². The average Bonchev–Trinajstić information content (AvgIpc) is 2.17. The van der Waals surface area contributed by atoms with Gasteiger partial charge in [0.25, 0.3) is 0 Å². The molecule has 1 aromatic carbocycles. The molecule has 1 aromatic rings. The summed E-state index contributed by atoms with van der Waals surface area (Å²) in [5.41, 5.74) is 0.985. The number of hydrogen-bond acceptors (Lipinski definition) is 2. The molecule has 0 saturated carbocycles. The second-order valence-electron chi connectivity index (χ2n) is 2.39. The van der Waals surface area contributed by atoms with Crippen LogP contribution in [0.4, 0.5) is 0 Å². The van der Waals surface area contributed by atoms with E-state index >= 15 is 0 Å². The summed E-state index contributed by atoms with van der Waals surface area (Å²) in [5.74, 6) is -0.347. The number of carbonyl (C=O) groups excluding carboxylic acids is 1. The molecule has 13 heavy (non-hydrogen) atoms. The molecule has 0 atom stereocenters. The van der Waals surface area contributed by atoms with Gasteiger partial charge in [-0.15, -0.1) is 0 Å². The van der Waals surface area contributed by atoms with Gasteiger partial charge < -0.3 is 4.74 Å². The molecule has 68 valence electrons. The third-order valence-corrected chi connectivity index (χ3v) is 1.69. The van der Waals surface area contributed by atoms with Crippen LogP contribution in [0.25, 0.3) is 0 Å². The molecular formula is C10H9BrO2. The highest BCUT2D eigenvalue weighted by atomic mass is 79.9. The number of benzene rings is 1. The van der Waals surface area contributed by atoms with Gasteiger partial charge >= 0.3 is 5.97 Å². The molecular weight excluding hydrogens is 232 g/mol. The molecule has 0 aliphatic carbocycles. The Balaban J connectivity index is 2.40. The van der Waals surface area contributed by atoms with E-state index < -0.39 is 0 Å². The van der Waals surface area contributed by atoms with Crippen molar-refractivity contribution < 1.29 is 9.53 Å². The van der Waals surface area contributed by atoms with Crippen molar-refractivity contribution in [2.75, 3.05) is 0 Å². The summed E-state index contributed by atoms with van der Waals surface area (Å²) in [5, 5.41) is 0. The van der Waals surface area contributed by atoms with Gasteiger partial charge in [-0.05, 0) is 10.5 Å². The molecule has 2 nitrogen and oxygen atoms in total. The van der Waals surface area contributed by atoms with Crippen LogP contribution in [0.2, 0.25) is 0 Å². The molecule has 3 heteroatoms. The van der Waals surface area contributed by atoms with Gasteiger partial charge in [0.05, 0.1) is 0 Å². The monoisotopic (exact) mass is 240 g/mol. The minimum atomic E-state index is -0.347. The van der Waals surface area contributed by atoms with Crippen LogP contribution in [-0.4, -0.2) is 5.97 Å². The van der Waals surface area contributed by atoms with E-state index in [0.29, 0.717) is 6.61 Å². The van der Waals surface area contributed by atoms with Crippen LogP contribution in [-0.2, 0) is 16.1 Å². The van der Waals surface area contributed by atoms with E-state index in [1.807, 2.05) is 30.3 Å². The average molecular weight is 241 g/mol. The summed E-state index contributed by atoms with van der Waals surface area (Å²) in [4.78, 5) is 12.3. The van der Waals surface area contributed by atoms with Crippen LogP contribution in [0.3, 0.4) is 0 Å². The lowest BCUT2D eigenvalue weighted by atomic mass is 10.2. The van der Waals surface area contributed by atoms with Gasteiger partial charge in [0.2, 0.25) is 0 Å². The van der Waals surface area contributed by atoms with Crippen LogP contribution in [0.5, 0.6) is 0 Å². The molecule has 0 amide bonds. The van der Waals surface area contributed by atoms with Crippen LogP contribution >= 0.6 is 15.9 Å². The normalized spacial score (nSPS) is 10.2. The van der Waals surface area contributed by atoms with Gasteiger partial charge in [0.15, 0.2) is 0 Å². The summed E-state index contributed by atoms with van der Waals surface area (Å²) in [6, 6.07) is 9.55. The highest BCUT2D eigenvalue weighted by Gasteiger charge is 1.96. The van der Waals surface area contributed by atoms with E-state index in [2.05, 4.69) is 15.9 Å². The van der Waals surface area contributed by atoms with Crippen molar-refractivity contribution in [3.8, 4) is 0 Å². The topological polar surface area (TPSA) is 26.3 Å². The first-order valence-electron chi connectivity index (χ1n) is 3.80. The van der Waals surface area contributed by atoms with Gasteiger partial charge in [0, 0.05) is 6.08 Å². The second kappa shape index (κ2) is 5.54. The Morgan fingerprint density at radius 1 is 1.38 bits per heavy atom. The van der Waals surface area contributed by atoms with Gasteiger partial charge in [0.1, 0.15) is 6.61 Å². The summed E-state index contributed by atoms with van der Waals surface area (Å²) >= 11 is 2.99. The van der Waals surface area contributed by atoms with Gasteiger partial charge in [-0.2, -0.15) is 0 Å². The number of esters is 1. The molecule has 0 unspecified atom stereocenters. The third kappa shape index (κ3) is 3.90. The van der Waals surface area contributed by atoms with Crippen molar-refractivity contribution in [2.45, 2.75) is 6.61 Å². The zero-order valence-corrected chi connectivity index (χ0v) is 8.53. The molecule has 0 N–H and O–H groups in total. The number of rotatable bonds is 3. The molecule has 0 aliphatic rings. The van der Waals surface area contributed by atoms with Gasteiger partial charge in [-0.3, -0.25) is 0 Å². The fourth-order valence-corrected chi connectivity index (χ4v) is 1.04. The maximum atomic E-state index is 10.9. The maximum absolute atomic E-state index is 10.9. The van der Waals surface area contributed by atoms with E-state index in [1.165, 1.54) is 11.1 Å². The lowest BCUT2D eigenvalue weighted by molar-refractivity contribution is -0.138. The van der Waals surface area contributed by atoms with E-state index in [9.17, 15) is 4.79 Å². The molecule has 0 heterocycles. The smallest absolute Gasteiger partial charge is 0.331 e. The zero-order chi connectivity index (χ0) is 9.52. The molecule has 0 fully saturated rings. The quantitative estimate of drug-likeness (QED) is 0.600. The first-order valence-corrected chi connectivity index (χ1v) is 4.72. The van der Waals surface area contributed by atoms with Crippen LogP contribution in [0.15, 0.2) is 41.4 Å². The lowest BCUT2D eigenvalue weighted by Gasteiger charge is -2.00. The molecule has 0 radical (unpaired) electrons. The van der Waals surface area contributed by atoms with Crippen molar-refractivity contribution in [1.82, 2.24) is 0 Å². The van der Waals surface area contributed by atoms with Crippen LogP contribution in [0.1, 0.15) is 5.56 Å². The predicted octanol–water partition coefficient (Wildman–Crippen LogP) is 2.64. The standard InChI is InChI=1S/C10H9BrO2/c11-7-6-10(12)13-8-9-4-2-1-3-5-9/h1-7H,8H2/b7-6+. The molecule has 0 saturated heterocycles. The van der Waals surface area contributed by atoms with Crippen molar-refractivity contribution in [1.29, 1.82) is 0 Å². The summed E-state index contributed by atoms with van der Waals surface area (Å²) < 4.78 is 4.91. The molecule has 1 rings (SSSR count). The van der Waals surface area contributed by atoms with Gasteiger partial charge in [-0.25, -0.2) is 4.79 Å². The Kier molecular flexibility index (Phi) is 4.26. The van der Waals surface area contributed by atoms with Gasteiger partial charge in [-0.1, -0.05) is 46.3 Å². The maximum Gasteiger partial charge on any atom is 0.331 e. The fraction of sp³-hybridized carbons (Fsp3) is 0.100. The predicted molar refractivity (Wildman–Crippen MR) is 54.3 cm³/mol.